The van der Waals surface area contributed by atoms with Crippen LogP contribution in [0.25, 0.3) is 0 Å². The standard InChI is InChI=1S/C23H19Cl2F3N4O2/c24-16-5-4-14(18(25)10-16)9-20(33)32-7-6-19-17(12-32)21(31-30-19)22(34)29-11-13-2-1-3-15(8-13)23(26,27)28/h1-5,8,10H,6-7,9,11-12H2,(H,29,34)(H,30,31). The van der Waals surface area contributed by atoms with E-state index in [1.807, 2.05) is 0 Å². The van der Waals surface area contributed by atoms with Gasteiger partial charge < -0.3 is 10.2 Å². The van der Waals surface area contributed by atoms with Crippen LogP contribution in [0.5, 0.6) is 0 Å². The molecule has 0 saturated carbocycles. The molecule has 0 spiro atoms. The first-order chi connectivity index (χ1) is 16.1. The van der Waals surface area contributed by atoms with Gasteiger partial charge in [-0.05, 0) is 35.4 Å². The van der Waals surface area contributed by atoms with Gasteiger partial charge >= 0.3 is 6.18 Å². The Morgan fingerprint density at radius 3 is 2.68 bits per heavy atom. The number of rotatable bonds is 5. The average Bonchev–Trinajstić information content (AvgIpc) is 3.22. The van der Waals surface area contributed by atoms with E-state index in [4.69, 9.17) is 23.2 Å². The Hall–Kier alpha value is -3.04. The van der Waals surface area contributed by atoms with Gasteiger partial charge in [0.2, 0.25) is 5.91 Å². The quantitative estimate of drug-likeness (QED) is 0.517. The lowest BCUT2D eigenvalue weighted by molar-refractivity contribution is -0.137. The molecule has 1 aliphatic rings. The van der Waals surface area contributed by atoms with Crippen molar-refractivity contribution < 1.29 is 22.8 Å². The SMILES string of the molecule is O=C(NCc1cccc(C(F)(F)F)c1)c1n[nH]c2c1CN(C(=O)Cc1ccc(Cl)cc1Cl)CC2. The second kappa shape index (κ2) is 9.68. The number of carbonyl (C=O) groups is 2. The Morgan fingerprint density at radius 2 is 1.94 bits per heavy atom. The maximum atomic E-state index is 12.9. The Bertz CT molecular complexity index is 1240. The van der Waals surface area contributed by atoms with E-state index in [9.17, 15) is 22.8 Å². The van der Waals surface area contributed by atoms with E-state index in [1.165, 1.54) is 12.1 Å². The lowest BCUT2D eigenvalue weighted by Gasteiger charge is -2.27. The number of hydrogen-bond acceptors (Lipinski definition) is 3. The summed E-state index contributed by atoms with van der Waals surface area (Å²) in [4.78, 5) is 27.2. The summed E-state index contributed by atoms with van der Waals surface area (Å²) in [6.07, 6.45) is -3.89. The smallest absolute Gasteiger partial charge is 0.347 e. The molecule has 0 unspecified atom stereocenters. The molecule has 2 N–H and O–H groups in total. The second-order valence-electron chi connectivity index (χ2n) is 7.89. The van der Waals surface area contributed by atoms with Crippen molar-refractivity contribution in [2.24, 2.45) is 0 Å². The number of H-pyrrole nitrogens is 1. The van der Waals surface area contributed by atoms with Crippen molar-refractivity contribution in [2.75, 3.05) is 6.54 Å². The van der Waals surface area contributed by atoms with Gasteiger partial charge in [0.1, 0.15) is 0 Å². The van der Waals surface area contributed by atoms with E-state index < -0.39 is 17.6 Å². The number of aromatic nitrogens is 2. The van der Waals surface area contributed by atoms with Crippen LogP contribution in [0.4, 0.5) is 13.2 Å². The topological polar surface area (TPSA) is 78.1 Å². The summed E-state index contributed by atoms with van der Waals surface area (Å²) >= 11 is 12.1. The number of nitrogens with zero attached hydrogens (tertiary/aromatic N) is 2. The highest BCUT2D eigenvalue weighted by Gasteiger charge is 2.31. The molecule has 11 heteroatoms. The number of fused-ring (bicyclic) bond motifs is 1. The summed E-state index contributed by atoms with van der Waals surface area (Å²) in [6.45, 7) is 0.537. The van der Waals surface area contributed by atoms with Crippen LogP contribution in [0.1, 0.15) is 38.4 Å². The van der Waals surface area contributed by atoms with Gasteiger partial charge in [0, 0.05) is 47.4 Å². The number of amides is 2. The fourth-order valence-corrected chi connectivity index (χ4v) is 4.23. The zero-order valence-electron chi connectivity index (χ0n) is 17.7. The van der Waals surface area contributed by atoms with Crippen molar-refractivity contribution in [3.8, 4) is 0 Å². The van der Waals surface area contributed by atoms with Crippen LogP contribution in [0.2, 0.25) is 10.0 Å². The van der Waals surface area contributed by atoms with Crippen molar-refractivity contribution >= 4 is 35.0 Å². The fraction of sp³-hybridized carbons (Fsp3) is 0.261. The van der Waals surface area contributed by atoms with Crippen LogP contribution in [-0.2, 0) is 36.9 Å². The van der Waals surface area contributed by atoms with E-state index in [0.29, 0.717) is 39.7 Å². The van der Waals surface area contributed by atoms with Crippen molar-refractivity contribution in [3.63, 3.8) is 0 Å². The van der Waals surface area contributed by atoms with Gasteiger partial charge in [-0.3, -0.25) is 14.7 Å². The highest BCUT2D eigenvalue weighted by atomic mass is 35.5. The number of hydrogen-bond donors (Lipinski definition) is 2. The third kappa shape index (κ3) is 5.37. The van der Waals surface area contributed by atoms with Gasteiger partial charge in [-0.15, -0.1) is 0 Å². The molecule has 0 saturated heterocycles. The monoisotopic (exact) mass is 510 g/mol. The minimum Gasteiger partial charge on any atom is -0.347 e. The predicted molar refractivity (Wildman–Crippen MR) is 120 cm³/mol. The maximum Gasteiger partial charge on any atom is 0.416 e. The number of alkyl halides is 3. The molecule has 4 rings (SSSR count). The normalized spacial score (nSPS) is 13.5. The van der Waals surface area contributed by atoms with Crippen molar-refractivity contribution in [1.82, 2.24) is 20.4 Å². The van der Waals surface area contributed by atoms with E-state index in [-0.39, 0.29) is 31.1 Å². The van der Waals surface area contributed by atoms with E-state index >= 15 is 0 Å². The second-order valence-corrected chi connectivity index (χ2v) is 8.73. The molecule has 0 atom stereocenters. The molecule has 178 valence electrons. The zero-order valence-corrected chi connectivity index (χ0v) is 19.2. The summed E-state index contributed by atoms with van der Waals surface area (Å²) in [7, 11) is 0. The van der Waals surface area contributed by atoms with Gasteiger partial charge in [-0.1, -0.05) is 41.4 Å². The fourth-order valence-electron chi connectivity index (χ4n) is 3.76. The highest BCUT2D eigenvalue weighted by Crippen LogP contribution is 2.29. The first-order valence-electron chi connectivity index (χ1n) is 10.3. The third-order valence-electron chi connectivity index (χ3n) is 5.57. The van der Waals surface area contributed by atoms with E-state index in [1.54, 1.807) is 23.1 Å². The van der Waals surface area contributed by atoms with Crippen LogP contribution in [0.15, 0.2) is 42.5 Å². The highest BCUT2D eigenvalue weighted by molar-refractivity contribution is 6.35. The largest absolute Gasteiger partial charge is 0.416 e. The molecule has 6 nitrogen and oxygen atoms in total. The zero-order chi connectivity index (χ0) is 24.5. The van der Waals surface area contributed by atoms with E-state index in [0.717, 1.165) is 17.8 Å². The number of halogens is 5. The third-order valence-corrected chi connectivity index (χ3v) is 6.15. The summed E-state index contributed by atoms with van der Waals surface area (Å²) < 4.78 is 38.7. The van der Waals surface area contributed by atoms with Gasteiger partial charge in [0.05, 0.1) is 12.0 Å². The van der Waals surface area contributed by atoms with Crippen LogP contribution >= 0.6 is 23.2 Å². The van der Waals surface area contributed by atoms with Gasteiger partial charge in [0.15, 0.2) is 5.69 Å². The molecular formula is C23H19Cl2F3N4O2. The number of benzene rings is 2. The van der Waals surface area contributed by atoms with Crippen LogP contribution < -0.4 is 5.32 Å². The minimum atomic E-state index is -4.46. The first-order valence-corrected chi connectivity index (χ1v) is 11.1. The van der Waals surface area contributed by atoms with Crippen LogP contribution in [0, 0.1) is 0 Å². The van der Waals surface area contributed by atoms with Gasteiger partial charge in [-0.25, -0.2) is 0 Å². The Balaban J connectivity index is 1.42. The molecule has 2 heterocycles. The molecule has 0 fully saturated rings. The molecule has 34 heavy (non-hydrogen) atoms. The summed E-state index contributed by atoms with van der Waals surface area (Å²) in [5.41, 5.74) is 1.62. The molecule has 1 aromatic heterocycles. The summed E-state index contributed by atoms with van der Waals surface area (Å²) in [6, 6.07) is 9.68. The lowest BCUT2D eigenvalue weighted by atomic mass is 10.0. The Labute approximate surface area is 203 Å². The first kappa shape index (κ1) is 24.1. The van der Waals surface area contributed by atoms with E-state index in [2.05, 4.69) is 15.5 Å². The van der Waals surface area contributed by atoms with Crippen molar-refractivity contribution in [1.29, 1.82) is 0 Å². The summed E-state index contributed by atoms with van der Waals surface area (Å²) in [5, 5.41) is 10.4. The van der Waals surface area contributed by atoms with Crippen molar-refractivity contribution in [3.05, 3.63) is 86.2 Å². The average molecular weight is 511 g/mol. The molecule has 2 amide bonds. The van der Waals surface area contributed by atoms with Crippen molar-refractivity contribution in [2.45, 2.75) is 32.1 Å². The number of nitrogens with one attached hydrogen (secondary N) is 2. The minimum absolute atomic E-state index is 0.0836. The molecule has 0 radical (unpaired) electrons. The molecule has 0 bridgehead atoms. The Kier molecular flexibility index (Phi) is 6.86. The number of aromatic amines is 1. The maximum absolute atomic E-state index is 12.9. The lowest BCUT2D eigenvalue weighted by Crippen LogP contribution is -2.37. The molecular weight excluding hydrogens is 492 g/mol. The Morgan fingerprint density at radius 1 is 1.15 bits per heavy atom. The van der Waals surface area contributed by atoms with Gasteiger partial charge in [0.25, 0.3) is 5.91 Å². The molecule has 3 aromatic rings. The van der Waals surface area contributed by atoms with Gasteiger partial charge in [-0.2, -0.15) is 18.3 Å². The molecule has 0 aliphatic carbocycles. The van der Waals surface area contributed by atoms with Crippen LogP contribution in [-0.4, -0.2) is 33.5 Å². The summed E-state index contributed by atoms with van der Waals surface area (Å²) in [5.74, 6) is -0.698. The molecule has 2 aromatic carbocycles. The molecule has 1 aliphatic heterocycles. The predicted octanol–water partition coefficient (Wildman–Crippen LogP) is 4.79. The van der Waals surface area contributed by atoms with Crippen LogP contribution in [0.3, 0.4) is 0 Å². The number of carbonyl (C=O) groups excluding carboxylic acids is 2.